The van der Waals surface area contributed by atoms with Crippen LogP contribution in [0.3, 0.4) is 0 Å². The number of piperidine rings is 1. The molecule has 0 aliphatic carbocycles. The van der Waals surface area contributed by atoms with Crippen molar-refractivity contribution in [2.45, 2.75) is 38.6 Å². The number of benzene rings is 1. The molecule has 0 atom stereocenters. The molecule has 1 aromatic carbocycles. The number of hydrogen-bond acceptors (Lipinski definition) is 5. The average Bonchev–Trinajstić information content (AvgIpc) is 3.34. The number of amides is 1. The highest BCUT2D eigenvalue weighted by atomic mass is 35.5. The Balaban J connectivity index is 1.37. The van der Waals surface area contributed by atoms with Crippen molar-refractivity contribution >= 4 is 41.1 Å². The van der Waals surface area contributed by atoms with Crippen LogP contribution in [0.5, 0.6) is 0 Å². The molecule has 3 aromatic rings. The standard InChI is InChI=1S/C20H22ClN5OS2/c1-2-26-18(23-24-20(26)28)13-7-9-25(10-8-13)17(27)11-14-12-29-19(22-14)15-5-3-4-6-16(15)21/h3-6,12-13H,2,7-11H2,1H3,(H,24,28). The fourth-order valence-corrected chi connectivity index (χ4v) is 5.16. The fraction of sp³-hybridized carbons (Fsp3) is 0.400. The molecule has 1 amide bonds. The molecule has 0 spiro atoms. The number of likely N-dealkylation sites (tertiary alicyclic amines) is 1. The van der Waals surface area contributed by atoms with Gasteiger partial charge in [0.25, 0.3) is 0 Å². The van der Waals surface area contributed by atoms with Gasteiger partial charge in [-0.15, -0.1) is 11.3 Å². The first kappa shape index (κ1) is 20.3. The predicted molar refractivity (Wildman–Crippen MR) is 118 cm³/mol. The molecule has 9 heteroatoms. The monoisotopic (exact) mass is 447 g/mol. The largest absolute Gasteiger partial charge is 0.342 e. The summed E-state index contributed by atoms with van der Waals surface area (Å²) in [4.78, 5) is 19.3. The number of H-pyrrole nitrogens is 1. The Morgan fingerprint density at radius 2 is 2.10 bits per heavy atom. The summed E-state index contributed by atoms with van der Waals surface area (Å²) in [5, 5.41) is 10.8. The van der Waals surface area contributed by atoms with Crippen molar-refractivity contribution in [2.75, 3.05) is 13.1 Å². The third-order valence-corrected chi connectivity index (χ3v) is 6.87. The summed E-state index contributed by atoms with van der Waals surface area (Å²) in [6.45, 7) is 4.34. The summed E-state index contributed by atoms with van der Waals surface area (Å²) in [5.74, 6) is 1.46. The summed E-state index contributed by atoms with van der Waals surface area (Å²) >= 11 is 13.1. The Morgan fingerprint density at radius 3 is 2.83 bits per heavy atom. The number of hydrogen-bond donors (Lipinski definition) is 1. The third-order valence-electron chi connectivity index (χ3n) is 5.31. The number of aromatic amines is 1. The summed E-state index contributed by atoms with van der Waals surface area (Å²) < 4.78 is 2.71. The molecule has 2 aromatic heterocycles. The molecule has 152 valence electrons. The highest BCUT2D eigenvalue weighted by Crippen LogP contribution is 2.31. The lowest BCUT2D eigenvalue weighted by molar-refractivity contribution is -0.131. The lowest BCUT2D eigenvalue weighted by Crippen LogP contribution is -2.39. The van der Waals surface area contributed by atoms with Gasteiger partial charge in [-0.2, -0.15) is 5.10 Å². The maximum absolute atomic E-state index is 12.8. The maximum atomic E-state index is 12.8. The number of nitrogens with one attached hydrogen (secondary N) is 1. The number of thiazole rings is 1. The summed E-state index contributed by atoms with van der Waals surface area (Å²) in [7, 11) is 0. The van der Waals surface area contributed by atoms with Crippen molar-refractivity contribution < 1.29 is 4.79 Å². The van der Waals surface area contributed by atoms with Crippen LogP contribution >= 0.6 is 35.2 Å². The van der Waals surface area contributed by atoms with E-state index in [0.717, 1.165) is 54.6 Å². The van der Waals surface area contributed by atoms with Gasteiger partial charge >= 0.3 is 0 Å². The van der Waals surface area contributed by atoms with Crippen LogP contribution in [0.1, 0.15) is 37.2 Å². The average molecular weight is 448 g/mol. The van der Waals surface area contributed by atoms with E-state index >= 15 is 0 Å². The predicted octanol–water partition coefficient (Wildman–Crippen LogP) is 4.69. The van der Waals surface area contributed by atoms with Gasteiger partial charge in [0.1, 0.15) is 10.8 Å². The lowest BCUT2D eigenvalue weighted by atomic mass is 9.95. The minimum atomic E-state index is 0.119. The van der Waals surface area contributed by atoms with Gasteiger partial charge < -0.3 is 9.47 Å². The Hall–Kier alpha value is -2.03. The first-order valence-corrected chi connectivity index (χ1v) is 11.4. The van der Waals surface area contributed by atoms with Gasteiger partial charge in [-0.3, -0.25) is 9.89 Å². The summed E-state index contributed by atoms with van der Waals surface area (Å²) in [6, 6.07) is 7.63. The minimum Gasteiger partial charge on any atom is -0.342 e. The zero-order chi connectivity index (χ0) is 20.4. The first-order valence-electron chi connectivity index (χ1n) is 9.69. The van der Waals surface area contributed by atoms with Gasteiger partial charge in [-0.05, 0) is 38.0 Å². The van der Waals surface area contributed by atoms with E-state index in [2.05, 4.69) is 22.1 Å². The second-order valence-electron chi connectivity index (χ2n) is 7.09. The van der Waals surface area contributed by atoms with Crippen LogP contribution in [0.25, 0.3) is 10.6 Å². The number of rotatable bonds is 5. The third kappa shape index (κ3) is 4.29. The van der Waals surface area contributed by atoms with E-state index in [0.29, 0.717) is 22.1 Å². The molecular weight excluding hydrogens is 426 g/mol. The van der Waals surface area contributed by atoms with Crippen molar-refractivity contribution in [1.29, 1.82) is 0 Å². The summed E-state index contributed by atoms with van der Waals surface area (Å²) in [6.07, 6.45) is 2.11. The molecule has 3 heterocycles. The van der Waals surface area contributed by atoms with Crippen LogP contribution in [0.4, 0.5) is 0 Å². The van der Waals surface area contributed by atoms with Crippen LogP contribution < -0.4 is 0 Å². The van der Waals surface area contributed by atoms with Crippen molar-refractivity contribution in [2.24, 2.45) is 0 Å². The Kier molecular flexibility index (Phi) is 6.12. The highest BCUT2D eigenvalue weighted by Gasteiger charge is 2.27. The van der Waals surface area contributed by atoms with E-state index in [9.17, 15) is 4.79 Å². The minimum absolute atomic E-state index is 0.119. The zero-order valence-corrected chi connectivity index (χ0v) is 18.5. The molecule has 0 unspecified atom stereocenters. The Morgan fingerprint density at radius 1 is 1.34 bits per heavy atom. The van der Waals surface area contributed by atoms with Gasteiger partial charge in [0.2, 0.25) is 5.91 Å². The van der Waals surface area contributed by atoms with Crippen LogP contribution in [0, 0.1) is 4.77 Å². The second-order valence-corrected chi connectivity index (χ2v) is 8.74. The fourth-order valence-electron chi connectivity index (χ4n) is 3.75. The van der Waals surface area contributed by atoms with E-state index in [4.69, 9.17) is 23.8 Å². The molecule has 1 saturated heterocycles. The molecular formula is C20H22ClN5OS2. The normalized spacial score (nSPS) is 15.0. The van der Waals surface area contributed by atoms with Gasteiger partial charge in [0.15, 0.2) is 4.77 Å². The number of carbonyl (C=O) groups excluding carboxylic acids is 1. The summed E-state index contributed by atoms with van der Waals surface area (Å²) in [5.41, 5.74) is 1.70. The molecule has 0 saturated carbocycles. The lowest BCUT2D eigenvalue weighted by Gasteiger charge is -2.31. The van der Waals surface area contributed by atoms with Crippen molar-refractivity contribution in [3.05, 3.63) is 51.0 Å². The molecule has 0 radical (unpaired) electrons. The number of nitrogens with zero attached hydrogens (tertiary/aromatic N) is 4. The van der Waals surface area contributed by atoms with E-state index in [1.165, 1.54) is 11.3 Å². The highest BCUT2D eigenvalue weighted by molar-refractivity contribution is 7.71. The van der Waals surface area contributed by atoms with Crippen LogP contribution in [0.2, 0.25) is 5.02 Å². The Labute approximate surface area is 183 Å². The topological polar surface area (TPSA) is 66.8 Å². The van der Waals surface area contributed by atoms with Gasteiger partial charge in [0.05, 0.1) is 17.1 Å². The van der Waals surface area contributed by atoms with Gasteiger partial charge in [-0.25, -0.2) is 4.98 Å². The quantitative estimate of drug-likeness (QED) is 0.576. The maximum Gasteiger partial charge on any atom is 0.228 e. The van der Waals surface area contributed by atoms with Gasteiger partial charge in [0, 0.05) is 36.5 Å². The Bertz CT molecular complexity index is 1060. The van der Waals surface area contributed by atoms with E-state index < -0.39 is 0 Å². The molecule has 0 bridgehead atoms. The molecule has 1 aliphatic rings. The molecule has 1 aliphatic heterocycles. The van der Waals surface area contributed by atoms with E-state index in [1.807, 2.05) is 39.1 Å². The van der Waals surface area contributed by atoms with Crippen LogP contribution in [-0.4, -0.2) is 43.6 Å². The zero-order valence-electron chi connectivity index (χ0n) is 16.1. The molecule has 6 nitrogen and oxygen atoms in total. The number of carbonyl (C=O) groups is 1. The molecule has 29 heavy (non-hydrogen) atoms. The van der Waals surface area contributed by atoms with E-state index in [-0.39, 0.29) is 5.91 Å². The van der Waals surface area contributed by atoms with Crippen LogP contribution in [0.15, 0.2) is 29.6 Å². The smallest absolute Gasteiger partial charge is 0.228 e. The first-order chi connectivity index (χ1) is 14.1. The molecule has 1 N–H and O–H groups in total. The van der Waals surface area contributed by atoms with Crippen molar-refractivity contribution in [3.8, 4) is 10.6 Å². The van der Waals surface area contributed by atoms with E-state index in [1.54, 1.807) is 0 Å². The SMILES string of the molecule is CCn1c(C2CCN(C(=O)Cc3csc(-c4ccccc4Cl)n3)CC2)n[nH]c1=S. The van der Waals surface area contributed by atoms with Crippen molar-refractivity contribution in [1.82, 2.24) is 24.6 Å². The van der Waals surface area contributed by atoms with Crippen LogP contribution in [-0.2, 0) is 17.8 Å². The number of halogens is 1. The molecule has 4 rings (SSSR count). The van der Waals surface area contributed by atoms with Crippen molar-refractivity contribution in [3.63, 3.8) is 0 Å². The van der Waals surface area contributed by atoms with Gasteiger partial charge in [-0.1, -0.05) is 29.8 Å². The number of aromatic nitrogens is 4. The molecule has 1 fully saturated rings. The second kappa shape index (κ2) is 8.77.